The van der Waals surface area contributed by atoms with Gasteiger partial charge in [0.05, 0.1) is 12.0 Å². The second kappa shape index (κ2) is 10.4. The maximum absolute atomic E-state index is 13.3. The molecule has 1 unspecified atom stereocenters. The third-order valence-electron chi connectivity index (χ3n) is 6.21. The van der Waals surface area contributed by atoms with Crippen LogP contribution in [0.15, 0.2) is 29.2 Å². The molecule has 162 valence electrons. The smallest absolute Gasteiger partial charge is 0.243 e. The molecular formula is C22H34N2O4S. The Morgan fingerprint density at radius 3 is 2.48 bits per heavy atom. The summed E-state index contributed by atoms with van der Waals surface area (Å²) >= 11 is 0. The Morgan fingerprint density at radius 1 is 1.07 bits per heavy atom. The third-order valence-corrected chi connectivity index (χ3v) is 8.16. The van der Waals surface area contributed by atoms with Gasteiger partial charge in [-0.2, -0.15) is 4.31 Å². The van der Waals surface area contributed by atoms with Crippen LogP contribution in [0.1, 0.15) is 64.2 Å². The van der Waals surface area contributed by atoms with Gasteiger partial charge in [-0.1, -0.05) is 44.6 Å². The standard InChI is InChI=1S/C22H34N2O4S/c1-28-20-13-9-14-21(16-20)29(26,27)24-15-8-7-12-19(24)17-23-22(25)18-10-5-3-2-4-6-11-18/h9,13-14,16,18-19H,2-8,10-12,15,17H2,1H3,(H,23,25). The number of benzene rings is 1. The molecule has 1 N–H and O–H groups in total. The summed E-state index contributed by atoms with van der Waals surface area (Å²) in [7, 11) is -2.10. The van der Waals surface area contributed by atoms with Crippen molar-refractivity contribution >= 4 is 15.9 Å². The second-order valence-electron chi connectivity index (χ2n) is 8.23. The summed E-state index contributed by atoms with van der Waals surface area (Å²) < 4.78 is 33.3. The molecule has 0 radical (unpaired) electrons. The molecule has 0 spiro atoms. The molecule has 1 amide bonds. The van der Waals surface area contributed by atoms with Crippen LogP contribution in [-0.2, 0) is 14.8 Å². The minimum atomic E-state index is -3.63. The molecular weight excluding hydrogens is 388 g/mol. The molecule has 3 rings (SSSR count). The van der Waals surface area contributed by atoms with Crippen LogP contribution in [0.25, 0.3) is 0 Å². The van der Waals surface area contributed by atoms with Crippen molar-refractivity contribution in [2.75, 3.05) is 20.2 Å². The lowest BCUT2D eigenvalue weighted by Crippen LogP contribution is -2.50. The third kappa shape index (κ3) is 5.72. The Morgan fingerprint density at radius 2 is 1.76 bits per heavy atom. The predicted octanol–water partition coefficient (Wildman–Crippen LogP) is 3.72. The summed E-state index contributed by atoms with van der Waals surface area (Å²) in [5, 5.41) is 3.08. The number of piperidine rings is 1. The first-order chi connectivity index (χ1) is 14.0. The van der Waals surface area contributed by atoms with Gasteiger partial charge in [0.1, 0.15) is 5.75 Å². The van der Waals surface area contributed by atoms with Gasteiger partial charge >= 0.3 is 0 Å². The molecule has 7 heteroatoms. The Balaban J connectivity index is 1.66. The highest BCUT2D eigenvalue weighted by Gasteiger charge is 2.34. The van der Waals surface area contributed by atoms with Gasteiger partial charge in [0.2, 0.25) is 15.9 Å². The molecule has 1 atom stereocenters. The average Bonchev–Trinajstić information content (AvgIpc) is 2.72. The fraction of sp³-hybridized carbons (Fsp3) is 0.682. The van der Waals surface area contributed by atoms with E-state index < -0.39 is 10.0 Å². The summed E-state index contributed by atoms with van der Waals surface area (Å²) in [5.74, 6) is 0.691. The van der Waals surface area contributed by atoms with Crippen LogP contribution >= 0.6 is 0 Å². The molecule has 1 aromatic rings. The van der Waals surface area contributed by atoms with Crippen molar-refractivity contribution < 1.29 is 17.9 Å². The largest absolute Gasteiger partial charge is 0.497 e. The number of hydrogen-bond acceptors (Lipinski definition) is 4. The molecule has 1 aliphatic heterocycles. The number of rotatable bonds is 6. The number of amides is 1. The molecule has 1 saturated carbocycles. The van der Waals surface area contributed by atoms with Gasteiger partial charge in [0, 0.05) is 31.1 Å². The van der Waals surface area contributed by atoms with Crippen LogP contribution in [0.2, 0.25) is 0 Å². The highest BCUT2D eigenvalue weighted by Crippen LogP contribution is 2.27. The maximum Gasteiger partial charge on any atom is 0.243 e. The summed E-state index contributed by atoms with van der Waals surface area (Å²) in [6.07, 6.45) is 10.4. The van der Waals surface area contributed by atoms with Crippen molar-refractivity contribution in [2.24, 2.45) is 5.92 Å². The molecule has 0 aromatic heterocycles. The van der Waals surface area contributed by atoms with Gasteiger partial charge in [-0.3, -0.25) is 4.79 Å². The molecule has 1 aliphatic carbocycles. The normalized spacial score (nSPS) is 22.4. The van der Waals surface area contributed by atoms with Crippen LogP contribution in [0.3, 0.4) is 0 Å². The highest BCUT2D eigenvalue weighted by molar-refractivity contribution is 7.89. The predicted molar refractivity (Wildman–Crippen MR) is 113 cm³/mol. The monoisotopic (exact) mass is 422 g/mol. The SMILES string of the molecule is COc1cccc(S(=O)(=O)N2CCCCC2CNC(=O)C2CCCCCCC2)c1. The van der Waals surface area contributed by atoms with E-state index in [9.17, 15) is 13.2 Å². The van der Waals surface area contributed by atoms with Crippen molar-refractivity contribution in [3.63, 3.8) is 0 Å². The van der Waals surface area contributed by atoms with Crippen LogP contribution in [0.4, 0.5) is 0 Å². The van der Waals surface area contributed by atoms with E-state index >= 15 is 0 Å². The zero-order valence-corrected chi connectivity index (χ0v) is 18.3. The number of ether oxygens (including phenoxy) is 1. The van der Waals surface area contributed by atoms with Gasteiger partial charge in [-0.05, 0) is 37.8 Å². The summed E-state index contributed by atoms with van der Waals surface area (Å²) in [4.78, 5) is 13.0. The van der Waals surface area contributed by atoms with E-state index in [0.29, 0.717) is 18.8 Å². The fourth-order valence-electron chi connectivity index (χ4n) is 4.47. The van der Waals surface area contributed by atoms with Crippen LogP contribution < -0.4 is 10.1 Å². The number of sulfonamides is 1. The number of carbonyl (C=O) groups is 1. The Hall–Kier alpha value is -1.60. The van der Waals surface area contributed by atoms with E-state index in [4.69, 9.17) is 4.74 Å². The van der Waals surface area contributed by atoms with Gasteiger partial charge in [-0.25, -0.2) is 8.42 Å². The summed E-state index contributed by atoms with van der Waals surface area (Å²) in [5.41, 5.74) is 0. The molecule has 1 aromatic carbocycles. The molecule has 2 fully saturated rings. The molecule has 1 saturated heterocycles. The van der Waals surface area contributed by atoms with Crippen molar-refractivity contribution in [3.8, 4) is 5.75 Å². The van der Waals surface area contributed by atoms with Crippen molar-refractivity contribution in [3.05, 3.63) is 24.3 Å². The van der Waals surface area contributed by atoms with E-state index in [1.54, 1.807) is 28.6 Å². The maximum atomic E-state index is 13.3. The van der Waals surface area contributed by atoms with E-state index in [2.05, 4.69) is 5.32 Å². The van der Waals surface area contributed by atoms with Crippen LogP contribution in [0, 0.1) is 5.92 Å². The van der Waals surface area contributed by atoms with Crippen molar-refractivity contribution in [1.82, 2.24) is 9.62 Å². The number of carbonyl (C=O) groups excluding carboxylic acids is 1. The average molecular weight is 423 g/mol. The van der Waals surface area contributed by atoms with E-state index in [0.717, 1.165) is 44.9 Å². The number of nitrogens with zero attached hydrogens (tertiary/aromatic N) is 1. The van der Waals surface area contributed by atoms with E-state index in [1.807, 2.05) is 0 Å². The Bertz CT molecular complexity index is 773. The topological polar surface area (TPSA) is 75.7 Å². The molecule has 29 heavy (non-hydrogen) atoms. The summed E-state index contributed by atoms with van der Waals surface area (Å²) in [6.45, 7) is 0.877. The fourth-order valence-corrected chi connectivity index (χ4v) is 6.20. The minimum absolute atomic E-state index is 0.0716. The van der Waals surface area contributed by atoms with Crippen molar-refractivity contribution in [2.45, 2.75) is 75.1 Å². The molecule has 0 bridgehead atoms. The van der Waals surface area contributed by atoms with E-state index in [-0.39, 0.29) is 22.8 Å². The molecule has 6 nitrogen and oxygen atoms in total. The van der Waals surface area contributed by atoms with Gasteiger partial charge in [0.25, 0.3) is 0 Å². The first-order valence-electron chi connectivity index (χ1n) is 11.0. The zero-order chi connectivity index (χ0) is 20.7. The van der Waals surface area contributed by atoms with Crippen LogP contribution in [0.5, 0.6) is 5.75 Å². The Labute approximate surface area is 175 Å². The minimum Gasteiger partial charge on any atom is -0.497 e. The highest BCUT2D eigenvalue weighted by atomic mass is 32.2. The van der Waals surface area contributed by atoms with Crippen molar-refractivity contribution in [1.29, 1.82) is 0 Å². The number of nitrogens with one attached hydrogen (secondary N) is 1. The van der Waals surface area contributed by atoms with Crippen LogP contribution in [-0.4, -0.2) is 44.9 Å². The summed E-state index contributed by atoms with van der Waals surface area (Å²) in [6, 6.07) is 6.41. The Kier molecular flexibility index (Phi) is 7.95. The van der Waals surface area contributed by atoms with E-state index in [1.165, 1.54) is 26.4 Å². The quantitative estimate of drug-likeness (QED) is 0.758. The first-order valence-corrected chi connectivity index (χ1v) is 12.4. The lowest BCUT2D eigenvalue weighted by molar-refractivity contribution is -0.125. The molecule has 2 aliphatic rings. The lowest BCUT2D eigenvalue weighted by Gasteiger charge is -2.35. The second-order valence-corrected chi connectivity index (χ2v) is 10.1. The van der Waals surface area contributed by atoms with Gasteiger partial charge in [0.15, 0.2) is 0 Å². The lowest BCUT2D eigenvalue weighted by atomic mass is 9.90. The van der Waals surface area contributed by atoms with Gasteiger partial charge < -0.3 is 10.1 Å². The number of methoxy groups -OCH3 is 1. The molecule has 1 heterocycles. The number of hydrogen-bond donors (Lipinski definition) is 1. The van der Waals surface area contributed by atoms with Gasteiger partial charge in [-0.15, -0.1) is 0 Å². The zero-order valence-electron chi connectivity index (χ0n) is 17.4. The first kappa shape index (κ1) is 22.1.